The number of carbonyl (C=O) groups is 1. The molecule has 4 aromatic rings. The van der Waals surface area contributed by atoms with Crippen LogP contribution in [0.1, 0.15) is 13.8 Å². The zero-order chi connectivity index (χ0) is 21.3. The molecule has 1 N–H and O–H groups in total. The van der Waals surface area contributed by atoms with E-state index >= 15 is 0 Å². The van der Waals surface area contributed by atoms with Gasteiger partial charge in [0.05, 0.1) is 24.1 Å². The Labute approximate surface area is 180 Å². The molecule has 8 nitrogen and oxygen atoms in total. The maximum Gasteiger partial charge on any atom is 0.272 e. The van der Waals surface area contributed by atoms with Crippen molar-refractivity contribution < 1.29 is 9.53 Å². The van der Waals surface area contributed by atoms with Crippen LogP contribution in [0.4, 0.5) is 5.69 Å². The van der Waals surface area contributed by atoms with E-state index in [0.29, 0.717) is 33.6 Å². The summed E-state index contributed by atoms with van der Waals surface area (Å²) in [6, 6.07) is 9.13. The molecule has 0 unspecified atom stereocenters. The summed E-state index contributed by atoms with van der Waals surface area (Å²) in [6.45, 7) is 4.65. The van der Waals surface area contributed by atoms with Crippen LogP contribution in [0.25, 0.3) is 16.0 Å². The van der Waals surface area contributed by atoms with Crippen LogP contribution >= 0.6 is 23.1 Å². The first-order valence-electron chi connectivity index (χ1n) is 9.40. The van der Waals surface area contributed by atoms with E-state index in [1.54, 1.807) is 23.8 Å². The predicted molar refractivity (Wildman–Crippen MR) is 120 cm³/mol. The molecule has 4 rings (SSSR count). The molecule has 156 valence electrons. The summed E-state index contributed by atoms with van der Waals surface area (Å²) in [7, 11) is 1.56. The molecule has 0 aliphatic heterocycles. The maximum atomic E-state index is 12.9. The van der Waals surface area contributed by atoms with Gasteiger partial charge in [-0.3, -0.25) is 18.6 Å². The third-order valence-corrected chi connectivity index (χ3v) is 6.26. The molecule has 0 fully saturated rings. The Morgan fingerprint density at radius 2 is 2.07 bits per heavy atom. The second-order valence-electron chi connectivity index (χ2n) is 7.10. The first-order chi connectivity index (χ1) is 14.5. The van der Waals surface area contributed by atoms with Gasteiger partial charge in [-0.05, 0) is 29.5 Å². The van der Waals surface area contributed by atoms with E-state index in [-0.39, 0.29) is 23.1 Å². The van der Waals surface area contributed by atoms with E-state index in [1.165, 1.54) is 23.1 Å². The highest BCUT2D eigenvalue weighted by Crippen LogP contribution is 2.26. The van der Waals surface area contributed by atoms with Crippen molar-refractivity contribution in [3.63, 3.8) is 0 Å². The SMILES string of the molecule is COc1ccccc1NC(=O)CSc1nnc2n(CC(C)C)c(=O)c3sccc3n12. The Kier molecular flexibility index (Phi) is 5.78. The van der Waals surface area contributed by atoms with Gasteiger partial charge in [0.15, 0.2) is 5.16 Å². The number of fused-ring (bicyclic) bond motifs is 3. The summed E-state index contributed by atoms with van der Waals surface area (Å²) < 4.78 is 9.45. The third kappa shape index (κ3) is 3.80. The molecule has 10 heteroatoms. The molecule has 0 spiro atoms. The zero-order valence-electron chi connectivity index (χ0n) is 16.8. The average molecular weight is 444 g/mol. The normalized spacial score (nSPS) is 11.5. The molecular formula is C20H21N5O3S2. The van der Waals surface area contributed by atoms with Crippen molar-refractivity contribution in [2.45, 2.75) is 25.5 Å². The highest BCUT2D eigenvalue weighted by Gasteiger charge is 2.19. The smallest absolute Gasteiger partial charge is 0.272 e. The number of rotatable bonds is 7. The number of thioether (sulfide) groups is 1. The molecular weight excluding hydrogens is 422 g/mol. The maximum absolute atomic E-state index is 12.9. The number of thiophene rings is 1. The van der Waals surface area contributed by atoms with Gasteiger partial charge in [-0.1, -0.05) is 37.7 Å². The van der Waals surface area contributed by atoms with Crippen molar-refractivity contribution in [1.29, 1.82) is 0 Å². The van der Waals surface area contributed by atoms with Gasteiger partial charge < -0.3 is 10.1 Å². The van der Waals surface area contributed by atoms with Gasteiger partial charge in [0.1, 0.15) is 10.4 Å². The Morgan fingerprint density at radius 1 is 1.27 bits per heavy atom. The number of carbonyl (C=O) groups excluding carboxylic acids is 1. The molecule has 1 aromatic carbocycles. The van der Waals surface area contributed by atoms with Crippen LogP contribution in [-0.4, -0.2) is 37.9 Å². The van der Waals surface area contributed by atoms with E-state index in [1.807, 2.05) is 28.0 Å². The summed E-state index contributed by atoms with van der Waals surface area (Å²) in [6.07, 6.45) is 0. The number of ether oxygens (including phenoxy) is 1. The minimum Gasteiger partial charge on any atom is -0.495 e. The van der Waals surface area contributed by atoms with Crippen LogP contribution in [0.15, 0.2) is 45.7 Å². The number of amides is 1. The number of anilines is 1. The first kappa shape index (κ1) is 20.4. The fourth-order valence-electron chi connectivity index (χ4n) is 3.19. The van der Waals surface area contributed by atoms with Crippen LogP contribution in [0.3, 0.4) is 0 Å². The van der Waals surface area contributed by atoms with Gasteiger partial charge in [-0.2, -0.15) is 0 Å². The topological polar surface area (TPSA) is 90.5 Å². The number of methoxy groups -OCH3 is 1. The molecule has 30 heavy (non-hydrogen) atoms. The molecule has 0 radical (unpaired) electrons. The van der Waals surface area contributed by atoms with Crippen molar-refractivity contribution in [2.24, 2.45) is 5.92 Å². The first-order valence-corrected chi connectivity index (χ1v) is 11.3. The molecule has 0 saturated carbocycles. The van der Waals surface area contributed by atoms with E-state index in [2.05, 4.69) is 29.4 Å². The number of nitrogens with one attached hydrogen (secondary N) is 1. The molecule has 0 saturated heterocycles. The van der Waals surface area contributed by atoms with Crippen molar-refractivity contribution in [3.8, 4) is 5.75 Å². The number of hydrogen-bond donors (Lipinski definition) is 1. The monoisotopic (exact) mass is 443 g/mol. The molecule has 0 aliphatic rings. The second kappa shape index (κ2) is 8.49. The quantitative estimate of drug-likeness (QED) is 0.440. The van der Waals surface area contributed by atoms with E-state index < -0.39 is 0 Å². The minimum atomic E-state index is -0.182. The summed E-state index contributed by atoms with van der Waals surface area (Å²) >= 11 is 2.68. The molecule has 3 aromatic heterocycles. The standard InChI is InChI=1S/C20H21N5O3S2/c1-12(2)10-24-18(27)17-14(8-9-29-17)25-19(24)22-23-20(25)30-11-16(26)21-13-6-4-5-7-15(13)28-3/h4-9,12H,10-11H2,1-3H3,(H,21,26). The van der Waals surface area contributed by atoms with Crippen molar-refractivity contribution in [1.82, 2.24) is 19.2 Å². The van der Waals surface area contributed by atoms with Crippen LogP contribution in [-0.2, 0) is 11.3 Å². The molecule has 1 amide bonds. The number of benzene rings is 1. The summed E-state index contributed by atoms with van der Waals surface area (Å²) in [4.78, 5) is 25.4. The van der Waals surface area contributed by atoms with E-state index in [9.17, 15) is 9.59 Å². The predicted octanol–water partition coefficient (Wildman–Crippen LogP) is 3.50. The Hall–Kier alpha value is -2.85. The van der Waals surface area contributed by atoms with Crippen LogP contribution in [0.2, 0.25) is 0 Å². The molecule has 3 heterocycles. The summed E-state index contributed by atoms with van der Waals surface area (Å²) in [5.74, 6) is 1.34. The number of para-hydroxylation sites is 2. The van der Waals surface area contributed by atoms with E-state index in [0.717, 1.165) is 5.52 Å². The number of nitrogens with zero attached hydrogens (tertiary/aromatic N) is 4. The lowest BCUT2D eigenvalue weighted by Gasteiger charge is -2.11. The van der Waals surface area contributed by atoms with Crippen molar-refractivity contribution in [2.75, 3.05) is 18.2 Å². The largest absolute Gasteiger partial charge is 0.495 e. The Bertz CT molecular complexity index is 1270. The molecule has 0 bridgehead atoms. The van der Waals surface area contributed by atoms with Crippen LogP contribution < -0.4 is 15.6 Å². The van der Waals surface area contributed by atoms with Crippen LogP contribution in [0, 0.1) is 5.92 Å². The lowest BCUT2D eigenvalue weighted by atomic mass is 10.2. The number of aromatic nitrogens is 4. The highest BCUT2D eigenvalue weighted by atomic mass is 32.2. The van der Waals surface area contributed by atoms with Crippen molar-refractivity contribution >= 4 is 50.7 Å². The van der Waals surface area contributed by atoms with Gasteiger partial charge >= 0.3 is 0 Å². The van der Waals surface area contributed by atoms with Gasteiger partial charge in [0.2, 0.25) is 11.7 Å². The zero-order valence-corrected chi connectivity index (χ0v) is 18.4. The Balaban J connectivity index is 1.63. The van der Waals surface area contributed by atoms with Gasteiger partial charge in [-0.15, -0.1) is 21.5 Å². The van der Waals surface area contributed by atoms with E-state index in [4.69, 9.17) is 4.74 Å². The highest BCUT2D eigenvalue weighted by molar-refractivity contribution is 7.99. The summed E-state index contributed by atoms with van der Waals surface area (Å²) in [5.41, 5.74) is 1.32. The fourth-order valence-corrected chi connectivity index (χ4v) is 4.75. The third-order valence-electron chi connectivity index (χ3n) is 4.44. The van der Waals surface area contributed by atoms with Gasteiger partial charge in [-0.25, -0.2) is 0 Å². The minimum absolute atomic E-state index is 0.0564. The van der Waals surface area contributed by atoms with Gasteiger partial charge in [0.25, 0.3) is 5.56 Å². The van der Waals surface area contributed by atoms with Crippen LogP contribution in [0.5, 0.6) is 5.75 Å². The lowest BCUT2D eigenvalue weighted by Crippen LogP contribution is -2.24. The average Bonchev–Trinajstić information content (AvgIpc) is 3.36. The molecule has 0 atom stereocenters. The molecule has 0 aliphatic carbocycles. The lowest BCUT2D eigenvalue weighted by molar-refractivity contribution is -0.113. The summed E-state index contributed by atoms with van der Waals surface area (Å²) in [5, 5.41) is 13.8. The number of hydrogen-bond acceptors (Lipinski definition) is 7. The second-order valence-corrected chi connectivity index (χ2v) is 8.96. The van der Waals surface area contributed by atoms with Crippen molar-refractivity contribution in [3.05, 3.63) is 46.1 Å². The Morgan fingerprint density at radius 3 is 2.83 bits per heavy atom. The fraction of sp³-hybridized carbons (Fsp3) is 0.300. The van der Waals surface area contributed by atoms with Gasteiger partial charge in [0, 0.05) is 6.54 Å².